The van der Waals surface area contributed by atoms with E-state index in [2.05, 4.69) is 15.9 Å². The molecule has 0 aliphatic heterocycles. The van der Waals surface area contributed by atoms with Crippen LogP contribution in [0.3, 0.4) is 0 Å². The molecule has 0 spiro atoms. The number of rotatable bonds is 3. The molecular weight excluding hydrogens is 267 g/mol. The van der Waals surface area contributed by atoms with Crippen LogP contribution >= 0.6 is 11.6 Å². The second kappa shape index (κ2) is 5.78. The van der Waals surface area contributed by atoms with E-state index in [0.29, 0.717) is 0 Å². The fourth-order valence-corrected chi connectivity index (χ4v) is 1.45. The molecule has 0 atom stereocenters. The van der Waals surface area contributed by atoms with Crippen LogP contribution in [-0.2, 0) is 11.0 Å². The molecule has 0 fully saturated rings. The van der Waals surface area contributed by atoms with Gasteiger partial charge in [-0.05, 0) is 25.1 Å². The van der Waals surface area contributed by atoms with E-state index >= 15 is 0 Å². The van der Waals surface area contributed by atoms with Gasteiger partial charge >= 0.3 is 6.18 Å². The number of terminal acetylenes is 1. The van der Waals surface area contributed by atoms with Crippen LogP contribution in [0.15, 0.2) is 23.4 Å². The average Bonchev–Trinajstić information content (AvgIpc) is 2.27. The minimum atomic E-state index is -4.48. The molecule has 6 heteroatoms. The Balaban J connectivity index is 3.18. The molecule has 0 heterocycles. The van der Waals surface area contributed by atoms with Crippen LogP contribution < -0.4 is 0 Å². The third kappa shape index (κ3) is 3.67. The number of alkyl halides is 3. The summed E-state index contributed by atoms with van der Waals surface area (Å²) in [6.45, 7) is 1.27. The van der Waals surface area contributed by atoms with Gasteiger partial charge in [0.25, 0.3) is 0 Å². The lowest BCUT2D eigenvalue weighted by Gasteiger charge is -2.12. The molecule has 0 saturated carbocycles. The minimum absolute atomic E-state index is 0.0556. The molecular formula is C12H9ClF3NO. The molecule has 0 bridgehead atoms. The summed E-state index contributed by atoms with van der Waals surface area (Å²) < 4.78 is 38.3. The second-order valence-corrected chi connectivity index (χ2v) is 3.78. The standard InChI is InChI=1S/C12H9ClF3NO/c1-3-6-18-17-8(2)10-7-9(13)4-5-11(10)12(14,15)16/h1,4-5,7H,6H2,2H3/b17-8+. The number of benzene rings is 1. The average molecular weight is 276 g/mol. The molecule has 18 heavy (non-hydrogen) atoms. The summed E-state index contributed by atoms with van der Waals surface area (Å²) in [7, 11) is 0. The lowest BCUT2D eigenvalue weighted by atomic mass is 10.0. The fourth-order valence-electron chi connectivity index (χ4n) is 1.28. The predicted octanol–water partition coefficient (Wildman–Crippen LogP) is 3.73. The molecule has 96 valence electrons. The normalized spacial score (nSPS) is 12.1. The van der Waals surface area contributed by atoms with E-state index < -0.39 is 11.7 Å². The van der Waals surface area contributed by atoms with Crippen molar-refractivity contribution in [3.05, 3.63) is 34.3 Å². The Morgan fingerprint density at radius 1 is 1.50 bits per heavy atom. The molecule has 2 nitrogen and oxygen atoms in total. The van der Waals surface area contributed by atoms with Crippen LogP contribution in [0.25, 0.3) is 0 Å². The zero-order valence-corrected chi connectivity index (χ0v) is 10.1. The van der Waals surface area contributed by atoms with Gasteiger partial charge in [-0.25, -0.2) is 0 Å². The van der Waals surface area contributed by atoms with Gasteiger partial charge in [0.1, 0.15) is 0 Å². The van der Waals surface area contributed by atoms with Crippen molar-refractivity contribution in [3.63, 3.8) is 0 Å². The van der Waals surface area contributed by atoms with Crippen LogP contribution in [-0.4, -0.2) is 12.3 Å². The number of nitrogens with zero attached hydrogens (tertiary/aromatic N) is 1. The minimum Gasteiger partial charge on any atom is -0.382 e. The van der Waals surface area contributed by atoms with E-state index in [4.69, 9.17) is 18.0 Å². The highest BCUT2D eigenvalue weighted by molar-refractivity contribution is 6.31. The Bertz CT molecular complexity index is 503. The quantitative estimate of drug-likeness (QED) is 0.356. The van der Waals surface area contributed by atoms with E-state index in [1.807, 2.05) is 0 Å². The summed E-state index contributed by atoms with van der Waals surface area (Å²) in [4.78, 5) is 4.65. The summed E-state index contributed by atoms with van der Waals surface area (Å²) in [6.07, 6.45) is 0.448. The highest BCUT2D eigenvalue weighted by Gasteiger charge is 2.34. The number of oxime groups is 1. The summed E-state index contributed by atoms with van der Waals surface area (Å²) in [5.74, 6) is 2.15. The summed E-state index contributed by atoms with van der Waals surface area (Å²) in [6, 6.07) is 3.25. The molecule has 0 N–H and O–H groups in total. The molecule has 0 saturated heterocycles. The lowest BCUT2D eigenvalue weighted by molar-refractivity contribution is -0.137. The SMILES string of the molecule is C#CCO/N=C(\C)c1cc(Cl)ccc1C(F)(F)F. The molecule has 1 aromatic rings. The molecule has 0 amide bonds. The smallest absolute Gasteiger partial charge is 0.382 e. The van der Waals surface area contributed by atoms with E-state index in [0.717, 1.165) is 6.07 Å². The molecule has 1 rings (SSSR count). The molecule has 0 radical (unpaired) electrons. The Morgan fingerprint density at radius 2 is 2.17 bits per heavy atom. The highest BCUT2D eigenvalue weighted by Crippen LogP contribution is 2.33. The van der Waals surface area contributed by atoms with E-state index in [-0.39, 0.29) is 22.9 Å². The molecule has 0 aliphatic carbocycles. The summed E-state index contributed by atoms with van der Waals surface area (Å²) in [5.41, 5.74) is -0.899. The van der Waals surface area contributed by atoms with Gasteiger partial charge in [0.2, 0.25) is 0 Å². The van der Waals surface area contributed by atoms with Crippen LogP contribution in [0.2, 0.25) is 5.02 Å². The number of hydrogen-bond acceptors (Lipinski definition) is 2. The molecule has 0 unspecified atom stereocenters. The Hall–Kier alpha value is -1.67. The molecule has 1 aromatic carbocycles. The first-order valence-electron chi connectivity index (χ1n) is 4.83. The van der Waals surface area contributed by atoms with Crippen LogP contribution in [0.1, 0.15) is 18.1 Å². The Kier molecular flexibility index (Phi) is 4.62. The number of halogens is 4. The molecule has 0 aliphatic rings. The van der Waals surface area contributed by atoms with Gasteiger partial charge in [0, 0.05) is 10.6 Å². The van der Waals surface area contributed by atoms with Gasteiger partial charge in [-0.1, -0.05) is 22.7 Å². The van der Waals surface area contributed by atoms with Gasteiger partial charge in [-0.3, -0.25) is 0 Å². The van der Waals surface area contributed by atoms with Crippen molar-refractivity contribution in [3.8, 4) is 12.3 Å². The summed E-state index contributed by atoms with van der Waals surface area (Å²) in [5, 5.41) is 3.70. The fraction of sp³-hybridized carbons (Fsp3) is 0.250. The van der Waals surface area contributed by atoms with Crippen LogP contribution in [0.5, 0.6) is 0 Å². The zero-order valence-electron chi connectivity index (χ0n) is 9.38. The largest absolute Gasteiger partial charge is 0.417 e. The third-order valence-corrected chi connectivity index (χ3v) is 2.26. The van der Waals surface area contributed by atoms with Crippen molar-refractivity contribution in [2.45, 2.75) is 13.1 Å². The van der Waals surface area contributed by atoms with Gasteiger partial charge in [-0.2, -0.15) is 13.2 Å². The second-order valence-electron chi connectivity index (χ2n) is 3.34. The van der Waals surface area contributed by atoms with Gasteiger partial charge in [0.05, 0.1) is 11.3 Å². The lowest BCUT2D eigenvalue weighted by Crippen LogP contribution is -2.12. The van der Waals surface area contributed by atoms with Crippen molar-refractivity contribution in [1.82, 2.24) is 0 Å². The van der Waals surface area contributed by atoms with Crippen molar-refractivity contribution < 1.29 is 18.0 Å². The van der Waals surface area contributed by atoms with Crippen molar-refractivity contribution in [2.75, 3.05) is 6.61 Å². The third-order valence-electron chi connectivity index (χ3n) is 2.03. The van der Waals surface area contributed by atoms with Crippen molar-refractivity contribution in [2.24, 2.45) is 5.16 Å². The maximum atomic E-state index is 12.8. The summed E-state index contributed by atoms with van der Waals surface area (Å²) >= 11 is 5.68. The first-order valence-corrected chi connectivity index (χ1v) is 5.21. The van der Waals surface area contributed by atoms with Gasteiger partial charge in [0.15, 0.2) is 6.61 Å². The van der Waals surface area contributed by atoms with Crippen molar-refractivity contribution >= 4 is 17.3 Å². The first-order chi connectivity index (χ1) is 8.36. The maximum absolute atomic E-state index is 12.8. The number of hydrogen-bond donors (Lipinski definition) is 0. The molecule has 0 aromatic heterocycles. The topological polar surface area (TPSA) is 21.6 Å². The highest BCUT2D eigenvalue weighted by atomic mass is 35.5. The first kappa shape index (κ1) is 14.4. The van der Waals surface area contributed by atoms with Gasteiger partial charge < -0.3 is 4.84 Å². The zero-order chi connectivity index (χ0) is 13.8. The van der Waals surface area contributed by atoms with Crippen LogP contribution in [0.4, 0.5) is 13.2 Å². The van der Waals surface area contributed by atoms with E-state index in [1.54, 1.807) is 0 Å². The van der Waals surface area contributed by atoms with E-state index in [9.17, 15) is 13.2 Å². The van der Waals surface area contributed by atoms with E-state index in [1.165, 1.54) is 19.1 Å². The van der Waals surface area contributed by atoms with Gasteiger partial charge in [-0.15, -0.1) is 6.42 Å². The van der Waals surface area contributed by atoms with Crippen LogP contribution in [0, 0.1) is 12.3 Å². The predicted molar refractivity (Wildman–Crippen MR) is 63.5 cm³/mol. The monoisotopic (exact) mass is 275 g/mol. The maximum Gasteiger partial charge on any atom is 0.417 e. The van der Waals surface area contributed by atoms with Crippen molar-refractivity contribution in [1.29, 1.82) is 0 Å². The Labute approximate surface area is 107 Å². The Morgan fingerprint density at radius 3 is 2.72 bits per heavy atom.